The fourth-order valence-electron chi connectivity index (χ4n) is 2.74. The maximum absolute atomic E-state index is 12.3. The number of hydrogen-bond acceptors (Lipinski definition) is 2. The van der Waals surface area contributed by atoms with Crippen molar-refractivity contribution < 1.29 is 9.90 Å². The third kappa shape index (κ3) is 3.01. The maximum atomic E-state index is 12.3. The second kappa shape index (κ2) is 6.11. The molecule has 0 spiro atoms. The number of hydrogen-bond donors (Lipinski definition) is 1. The Hall–Kier alpha value is -1.84. The normalized spacial score (nSPS) is 17.8. The lowest BCUT2D eigenvalue weighted by molar-refractivity contribution is 0.0765. The van der Waals surface area contributed by atoms with Crippen LogP contribution in [0.5, 0.6) is 0 Å². The molecule has 1 aliphatic heterocycles. The second-order valence-electron chi connectivity index (χ2n) is 5.73. The summed E-state index contributed by atoms with van der Waals surface area (Å²) in [5.41, 5.74) is 3.82. The molecule has 1 fully saturated rings. The van der Waals surface area contributed by atoms with Gasteiger partial charge in [0, 0.05) is 23.7 Å². The minimum absolute atomic E-state index is 0.0182. The molecule has 0 aliphatic carbocycles. The number of nitrogens with zero attached hydrogens (tertiary/aromatic N) is 1. The fourth-order valence-corrected chi connectivity index (χ4v) is 2.86. The molecule has 4 heteroatoms. The Morgan fingerprint density at radius 2 is 1.86 bits per heavy atom. The van der Waals surface area contributed by atoms with Crippen molar-refractivity contribution in [3.63, 3.8) is 0 Å². The maximum Gasteiger partial charge on any atom is 0.253 e. The van der Waals surface area contributed by atoms with Crippen molar-refractivity contribution in [1.82, 2.24) is 4.90 Å². The molecule has 1 atom stereocenters. The highest BCUT2D eigenvalue weighted by molar-refractivity contribution is 6.31. The SMILES string of the molecule is Cc1cc(-c2ccc(C(=O)N3CC[C@@H](O)C3)cc2)ccc1Cl. The number of likely N-dealkylation sites (tertiary alicyclic amines) is 1. The van der Waals surface area contributed by atoms with Crippen LogP contribution in [0.1, 0.15) is 22.3 Å². The van der Waals surface area contributed by atoms with Crippen LogP contribution >= 0.6 is 11.6 Å². The average molecular weight is 316 g/mol. The number of amides is 1. The minimum Gasteiger partial charge on any atom is -0.391 e. The lowest BCUT2D eigenvalue weighted by Gasteiger charge is -2.15. The number of carbonyl (C=O) groups excluding carboxylic acids is 1. The molecule has 0 radical (unpaired) electrons. The Labute approximate surface area is 135 Å². The minimum atomic E-state index is -0.389. The summed E-state index contributed by atoms with van der Waals surface area (Å²) in [6, 6.07) is 13.5. The van der Waals surface area contributed by atoms with Crippen LogP contribution < -0.4 is 0 Å². The average Bonchev–Trinajstić information content (AvgIpc) is 2.96. The van der Waals surface area contributed by atoms with Gasteiger partial charge in [-0.25, -0.2) is 0 Å². The molecule has 0 saturated carbocycles. The molecule has 1 aliphatic rings. The van der Waals surface area contributed by atoms with Crippen LogP contribution in [0, 0.1) is 6.92 Å². The number of aliphatic hydroxyl groups excluding tert-OH is 1. The first-order valence-electron chi connectivity index (χ1n) is 7.38. The summed E-state index contributed by atoms with van der Waals surface area (Å²) in [6.45, 7) is 3.03. The number of aryl methyl sites for hydroxylation is 1. The summed E-state index contributed by atoms with van der Waals surface area (Å²) in [5, 5.41) is 10.3. The van der Waals surface area contributed by atoms with Crippen LogP contribution in [0.4, 0.5) is 0 Å². The van der Waals surface area contributed by atoms with E-state index in [1.165, 1.54) is 0 Å². The third-order valence-corrected chi connectivity index (χ3v) is 4.50. The van der Waals surface area contributed by atoms with Crippen LogP contribution in [0.15, 0.2) is 42.5 Å². The van der Waals surface area contributed by atoms with Crippen LogP contribution in [0.25, 0.3) is 11.1 Å². The van der Waals surface area contributed by atoms with Crippen LogP contribution in [-0.4, -0.2) is 35.1 Å². The summed E-state index contributed by atoms with van der Waals surface area (Å²) < 4.78 is 0. The first-order chi connectivity index (χ1) is 10.5. The number of benzene rings is 2. The zero-order chi connectivity index (χ0) is 15.7. The van der Waals surface area contributed by atoms with Gasteiger partial charge in [-0.2, -0.15) is 0 Å². The zero-order valence-electron chi connectivity index (χ0n) is 12.4. The van der Waals surface area contributed by atoms with Gasteiger partial charge in [-0.05, 0) is 54.3 Å². The van der Waals surface area contributed by atoms with E-state index in [1.54, 1.807) is 4.90 Å². The predicted molar refractivity (Wildman–Crippen MR) is 88.2 cm³/mol. The molecule has 22 heavy (non-hydrogen) atoms. The highest BCUT2D eigenvalue weighted by Gasteiger charge is 2.25. The van der Waals surface area contributed by atoms with Crippen molar-refractivity contribution in [3.8, 4) is 11.1 Å². The van der Waals surface area contributed by atoms with E-state index >= 15 is 0 Å². The van der Waals surface area contributed by atoms with Crippen LogP contribution in [-0.2, 0) is 0 Å². The molecule has 1 N–H and O–H groups in total. The third-order valence-electron chi connectivity index (χ3n) is 4.07. The molecular formula is C18H18ClNO2. The number of halogens is 1. The second-order valence-corrected chi connectivity index (χ2v) is 6.14. The Morgan fingerprint density at radius 1 is 1.18 bits per heavy atom. The van der Waals surface area contributed by atoms with Gasteiger partial charge < -0.3 is 10.0 Å². The molecule has 1 amide bonds. The van der Waals surface area contributed by atoms with Gasteiger partial charge in [0.05, 0.1) is 6.10 Å². The predicted octanol–water partition coefficient (Wildman–Crippen LogP) is 3.52. The van der Waals surface area contributed by atoms with Gasteiger partial charge >= 0.3 is 0 Å². The standard InChI is InChI=1S/C18H18ClNO2/c1-12-10-15(6-7-17(12)19)13-2-4-14(5-3-13)18(22)20-9-8-16(21)11-20/h2-7,10,16,21H,8-9,11H2,1H3/t16-/m1/s1. The van der Waals surface area contributed by atoms with E-state index in [4.69, 9.17) is 11.6 Å². The molecule has 1 heterocycles. The zero-order valence-corrected chi connectivity index (χ0v) is 13.2. The highest BCUT2D eigenvalue weighted by Crippen LogP contribution is 2.25. The van der Waals surface area contributed by atoms with Gasteiger partial charge in [-0.3, -0.25) is 4.79 Å². The Bertz CT molecular complexity index is 697. The Morgan fingerprint density at radius 3 is 2.45 bits per heavy atom. The summed E-state index contributed by atoms with van der Waals surface area (Å²) in [5.74, 6) is -0.0182. The van der Waals surface area contributed by atoms with Crippen molar-refractivity contribution in [3.05, 3.63) is 58.6 Å². The van der Waals surface area contributed by atoms with Crippen LogP contribution in [0.3, 0.4) is 0 Å². The quantitative estimate of drug-likeness (QED) is 0.921. The smallest absolute Gasteiger partial charge is 0.253 e. The van der Waals surface area contributed by atoms with E-state index in [-0.39, 0.29) is 12.0 Å². The van der Waals surface area contributed by atoms with Gasteiger partial charge in [-0.1, -0.05) is 29.8 Å². The number of rotatable bonds is 2. The molecule has 3 nitrogen and oxygen atoms in total. The molecule has 114 valence electrons. The summed E-state index contributed by atoms with van der Waals surface area (Å²) in [7, 11) is 0. The lowest BCUT2D eigenvalue weighted by Crippen LogP contribution is -2.29. The molecule has 1 saturated heterocycles. The summed E-state index contributed by atoms with van der Waals surface area (Å²) in [4.78, 5) is 14.0. The van der Waals surface area contributed by atoms with Gasteiger partial charge in [-0.15, -0.1) is 0 Å². The summed E-state index contributed by atoms with van der Waals surface area (Å²) >= 11 is 6.05. The van der Waals surface area contributed by atoms with Gasteiger partial charge in [0.2, 0.25) is 0 Å². The molecule has 0 aromatic heterocycles. The number of aliphatic hydroxyl groups is 1. The summed E-state index contributed by atoms with van der Waals surface area (Å²) in [6.07, 6.45) is 0.272. The molecule has 2 aromatic rings. The Kier molecular flexibility index (Phi) is 4.19. The highest BCUT2D eigenvalue weighted by atomic mass is 35.5. The van der Waals surface area contributed by atoms with Crippen molar-refractivity contribution >= 4 is 17.5 Å². The van der Waals surface area contributed by atoms with Gasteiger partial charge in [0.15, 0.2) is 0 Å². The van der Waals surface area contributed by atoms with Crippen molar-refractivity contribution in [1.29, 1.82) is 0 Å². The molecule has 0 unspecified atom stereocenters. The van der Waals surface area contributed by atoms with E-state index in [0.717, 1.165) is 21.7 Å². The number of β-amino-alcohol motifs (C(OH)–C–C–N with tert-alkyl or cyclic N) is 1. The van der Waals surface area contributed by atoms with Gasteiger partial charge in [0.25, 0.3) is 5.91 Å². The van der Waals surface area contributed by atoms with Gasteiger partial charge in [0.1, 0.15) is 0 Å². The lowest BCUT2D eigenvalue weighted by atomic mass is 10.0. The van der Waals surface area contributed by atoms with E-state index in [2.05, 4.69) is 0 Å². The van der Waals surface area contributed by atoms with Crippen molar-refractivity contribution in [2.45, 2.75) is 19.4 Å². The Balaban J connectivity index is 1.80. The molecule has 2 aromatic carbocycles. The molecule has 3 rings (SSSR count). The van der Waals surface area contributed by atoms with Crippen molar-refractivity contribution in [2.75, 3.05) is 13.1 Å². The number of carbonyl (C=O) groups is 1. The van der Waals surface area contributed by atoms with Crippen molar-refractivity contribution in [2.24, 2.45) is 0 Å². The van der Waals surface area contributed by atoms with E-state index in [9.17, 15) is 9.90 Å². The van der Waals surface area contributed by atoms with E-state index < -0.39 is 0 Å². The first-order valence-corrected chi connectivity index (χ1v) is 7.76. The topological polar surface area (TPSA) is 40.5 Å². The monoisotopic (exact) mass is 315 g/mol. The first kappa shape index (κ1) is 15.1. The van der Waals surface area contributed by atoms with Crippen LogP contribution in [0.2, 0.25) is 5.02 Å². The van der Waals surface area contributed by atoms with E-state index in [0.29, 0.717) is 25.1 Å². The van der Waals surface area contributed by atoms with E-state index in [1.807, 2.05) is 49.4 Å². The molecular weight excluding hydrogens is 298 g/mol. The molecule has 0 bridgehead atoms. The fraction of sp³-hybridized carbons (Fsp3) is 0.278. The largest absolute Gasteiger partial charge is 0.391 e.